The van der Waals surface area contributed by atoms with Crippen LogP contribution in [0.25, 0.3) is 0 Å². The normalized spacial score (nSPS) is 10.2. The molecule has 21 heavy (non-hydrogen) atoms. The molecule has 2 aromatic rings. The van der Waals surface area contributed by atoms with Gasteiger partial charge in [-0.05, 0) is 79.7 Å². The van der Waals surface area contributed by atoms with E-state index in [1.807, 2.05) is 37.3 Å². The quantitative estimate of drug-likeness (QED) is 0.520. The first-order chi connectivity index (χ1) is 10.0. The maximum absolute atomic E-state index is 8.89. The molecule has 0 aliphatic rings. The van der Waals surface area contributed by atoms with Gasteiger partial charge >= 0.3 is 0 Å². The van der Waals surface area contributed by atoms with E-state index >= 15 is 0 Å². The van der Waals surface area contributed by atoms with Gasteiger partial charge in [-0.25, -0.2) is 0 Å². The number of hydrogen-bond acceptors (Lipinski definition) is 2. The number of nitrogens with zero attached hydrogens (tertiary/aromatic N) is 1. The molecule has 0 fully saturated rings. The number of aryl methyl sites for hydroxylation is 1. The van der Waals surface area contributed by atoms with Gasteiger partial charge in [0.15, 0.2) is 0 Å². The summed E-state index contributed by atoms with van der Waals surface area (Å²) >= 11 is 10.5. The molecule has 0 saturated heterocycles. The predicted octanol–water partition coefficient (Wildman–Crippen LogP) is 5.87. The van der Waals surface area contributed by atoms with Gasteiger partial charge in [0.2, 0.25) is 0 Å². The summed E-state index contributed by atoms with van der Waals surface area (Å²) in [7, 11) is 0. The standard InChI is InChI=1S/C16H12Br3NO/c1-10-4-11(8-20)2-3-13(10)9-21-16-14(18)5-12(7-17)6-15(16)19/h2-6H,7,9H2,1H3. The molecule has 108 valence electrons. The molecule has 2 rings (SSSR count). The lowest BCUT2D eigenvalue weighted by Crippen LogP contribution is -2.00. The summed E-state index contributed by atoms with van der Waals surface area (Å²) in [5.74, 6) is 0.781. The minimum atomic E-state index is 0.461. The van der Waals surface area contributed by atoms with Gasteiger partial charge in [-0.3, -0.25) is 0 Å². The van der Waals surface area contributed by atoms with Crippen molar-refractivity contribution in [3.8, 4) is 11.8 Å². The Hall–Kier alpha value is -0.830. The lowest BCUT2D eigenvalue weighted by molar-refractivity contribution is 0.301. The summed E-state index contributed by atoms with van der Waals surface area (Å²) in [5, 5.41) is 9.68. The Morgan fingerprint density at radius 3 is 2.33 bits per heavy atom. The van der Waals surface area contributed by atoms with E-state index in [0.29, 0.717) is 12.2 Å². The van der Waals surface area contributed by atoms with Crippen molar-refractivity contribution in [2.45, 2.75) is 18.9 Å². The molecule has 0 unspecified atom stereocenters. The zero-order chi connectivity index (χ0) is 15.4. The first-order valence-corrected chi connectivity index (χ1v) is 8.92. The van der Waals surface area contributed by atoms with Crippen LogP contribution in [0.3, 0.4) is 0 Å². The third-order valence-corrected chi connectivity index (χ3v) is 4.88. The van der Waals surface area contributed by atoms with Crippen LogP contribution in [0, 0.1) is 18.3 Å². The third-order valence-electron chi connectivity index (χ3n) is 3.06. The lowest BCUT2D eigenvalue weighted by Gasteiger charge is -2.13. The summed E-state index contributed by atoms with van der Waals surface area (Å²) in [4.78, 5) is 0. The first kappa shape index (κ1) is 16.5. The van der Waals surface area contributed by atoms with Gasteiger partial charge in [0.1, 0.15) is 12.4 Å². The van der Waals surface area contributed by atoms with Crippen molar-refractivity contribution < 1.29 is 4.74 Å². The van der Waals surface area contributed by atoms with Gasteiger partial charge in [-0.2, -0.15) is 5.26 Å². The smallest absolute Gasteiger partial charge is 0.148 e. The van der Waals surface area contributed by atoms with Crippen LogP contribution >= 0.6 is 47.8 Å². The average molecular weight is 474 g/mol. The highest BCUT2D eigenvalue weighted by Crippen LogP contribution is 2.36. The second-order valence-electron chi connectivity index (χ2n) is 4.56. The molecule has 0 spiro atoms. The fourth-order valence-corrected chi connectivity index (χ4v) is 3.74. The lowest BCUT2D eigenvalue weighted by atomic mass is 10.1. The van der Waals surface area contributed by atoms with Crippen molar-refractivity contribution in [2.75, 3.05) is 0 Å². The Labute approximate surface area is 149 Å². The number of hydrogen-bond donors (Lipinski definition) is 0. The number of rotatable bonds is 4. The molecule has 0 aromatic heterocycles. The third kappa shape index (κ3) is 4.09. The van der Waals surface area contributed by atoms with Crippen molar-refractivity contribution in [1.82, 2.24) is 0 Å². The van der Waals surface area contributed by atoms with E-state index in [1.54, 1.807) is 0 Å². The van der Waals surface area contributed by atoms with Crippen LogP contribution in [0.5, 0.6) is 5.75 Å². The van der Waals surface area contributed by atoms with E-state index in [4.69, 9.17) is 10.00 Å². The molecule has 0 heterocycles. The van der Waals surface area contributed by atoms with Crippen molar-refractivity contribution in [3.63, 3.8) is 0 Å². The molecule has 0 atom stereocenters. The van der Waals surface area contributed by atoms with Crippen LogP contribution in [0.1, 0.15) is 22.3 Å². The Kier molecular flexibility index (Phi) is 5.86. The monoisotopic (exact) mass is 471 g/mol. The molecular weight excluding hydrogens is 462 g/mol. The first-order valence-electron chi connectivity index (χ1n) is 6.21. The Morgan fingerprint density at radius 2 is 1.81 bits per heavy atom. The average Bonchev–Trinajstić information content (AvgIpc) is 2.47. The fraction of sp³-hybridized carbons (Fsp3) is 0.188. The van der Waals surface area contributed by atoms with E-state index in [2.05, 4.69) is 53.9 Å². The number of nitriles is 1. The molecule has 0 N–H and O–H groups in total. The minimum absolute atomic E-state index is 0.461. The van der Waals surface area contributed by atoms with Crippen molar-refractivity contribution in [3.05, 3.63) is 61.5 Å². The Bertz CT molecular complexity index is 684. The second-order valence-corrected chi connectivity index (χ2v) is 6.83. The highest BCUT2D eigenvalue weighted by molar-refractivity contribution is 9.11. The number of halogens is 3. The molecule has 0 aliphatic carbocycles. The fourth-order valence-electron chi connectivity index (χ4n) is 1.90. The summed E-state index contributed by atoms with van der Waals surface area (Å²) in [6.45, 7) is 2.44. The SMILES string of the molecule is Cc1cc(C#N)ccc1COc1c(Br)cc(CBr)cc1Br. The van der Waals surface area contributed by atoms with Crippen LogP contribution in [0.2, 0.25) is 0 Å². The van der Waals surface area contributed by atoms with Gasteiger partial charge in [0, 0.05) is 5.33 Å². The zero-order valence-corrected chi connectivity index (χ0v) is 16.0. The number of benzene rings is 2. The Morgan fingerprint density at radius 1 is 1.14 bits per heavy atom. The van der Waals surface area contributed by atoms with Crippen LogP contribution < -0.4 is 4.74 Å². The van der Waals surface area contributed by atoms with Crippen molar-refractivity contribution in [1.29, 1.82) is 5.26 Å². The minimum Gasteiger partial charge on any atom is -0.487 e. The highest BCUT2D eigenvalue weighted by atomic mass is 79.9. The van der Waals surface area contributed by atoms with E-state index < -0.39 is 0 Å². The molecule has 0 saturated carbocycles. The predicted molar refractivity (Wildman–Crippen MR) is 94.7 cm³/mol. The number of alkyl halides is 1. The topological polar surface area (TPSA) is 33.0 Å². The maximum Gasteiger partial charge on any atom is 0.148 e. The molecule has 0 bridgehead atoms. The van der Waals surface area contributed by atoms with Gasteiger partial charge in [-0.1, -0.05) is 22.0 Å². The van der Waals surface area contributed by atoms with E-state index in [9.17, 15) is 0 Å². The van der Waals surface area contributed by atoms with Crippen LogP contribution in [0.4, 0.5) is 0 Å². The van der Waals surface area contributed by atoms with Gasteiger partial charge in [0.05, 0.1) is 20.6 Å². The van der Waals surface area contributed by atoms with Gasteiger partial charge in [0.25, 0.3) is 0 Å². The zero-order valence-electron chi connectivity index (χ0n) is 11.3. The second kappa shape index (κ2) is 7.44. The van der Waals surface area contributed by atoms with Gasteiger partial charge < -0.3 is 4.74 Å². The molecule has 0 aliphatic heterocycles. The molecule has 2 aromatic carbocycles. The van der Waals surface area contributed by atoms with E-state index in [1.165, 1.54) is 0 Å². The van der Waals surface area contributed by atoms with Gasteiger partial charge in [-0.15, -0.1) is 0 Å². The molecule has 0 radical (unpaired) electrons. The van der Waals surface area contributed by atoms with Crippen LogP contribution in [0.15, 0.2) is 39.3 Å². The largest absolute Gasteiger partial charge is 0.487 e. The summed E-state index contributed by atoms with van der Waals surface area (Å²) in [5.41, 5.74) is 3.95. The van der Waals surface area contributed by atoms with Crippen LogP contribution in [-0.2, 0) is 11.9 Å². The van der Waals surface area contributed by atoms with E-state index in [-0.39, 0.29) is 0 Å². The molecule has 2 nitrogen and oxygen atoms in total. The van der Waals surface area contributed by atoms with Crippen molar-refractivity contribution in [2.24, 2.45) is 0 Å². The summed E-state index contributed by atoms with van der Waals surface area (Å²) in [6, 6.07) is 11.8. The van der Waals surface area contributed by atoms with Crippen LogP contribution in [-0.4, -0.2) is 0 Å². The Balaban J connectivity index is 2.19. The van der Waals surface area contributed by atoms with Crippen molar-refractivity contribution >= 4 is 47.8 Å². The number of ether oxygens (including phenoxy) is 1. The highest BCUT2D eigenvalue weighted by Gasteiger charge is 2.10. The molecular formula is C16H12Br3NO. The van der Waals surface area contributed by atoms with E-state index in [0.717, 1.165) is 36.7 Å². The maximum atomic E-state index is 8.89. The molecule has 5 heteroatoms. The summed E-state index contributed by atoms with van der Waals surface area (Å²) in [6.07, 6.45) is 0. The molecule has 0 amide bonds. The summed E-state index contributed by atoms with van der Waals surface area (Å²) < 4.78 is 7.74.